The fraction of sp³-hybridized carbons (Fsp3) is 0.267. The van der Waals surface area contributed by atoms with E-state index < -0.39 is 0 Å². The van der Waals surface area contributed by atoms with Crippen molar-refractivity contribution in [2.24, 2.45) is 0 Å². The SMILES string of the molecule is CC(Cc1cccs1)NCC(=O)Nc1cccc(Cl)c1. The molecule has 0 fully saturated rings. The van der Waals surface area contributed by atoms with Crippen LogP contribution in [-0.2, 0) is 11.2 Å². The van der Waals surface area contributed by atoms with Crippen LogP contribution >= 0.6 is 22.9 Å². The third-order valence-electron chi connectivity index (χ3n) is 2.81. The Labute approximate surface area is 128 Å². The molecule has 0 bridgehead atoms. The maximum absolute atomic E-state index is 11.8. The van der Waals surface area contributed by atoms with Crippen molar-refractivity contribution < 1.29 is 4.79 Å². The highest BCUT2D eigenvalue weighted by Crippen LogP contribution is 2.14. The van der Waals surface area contributed by atoms with Crippen LogP contribution in [0, 0.1) is 0 Å². The minimum absolute atomic E-state index is 0.0645. The molecule has 0 aliphatic heterocycles. The molecule has 2 aromatic rings. The second-order valence-corrected chi connectivity index (χ2v) is 6.09. The van der Waals surface area contributed by atoms with Gasteiger partial charge in [0.2, 0.25) is 5.91 Å². The van der Waals surface area contributed by atoms with Crippen LogP contribution in [0.3, 0.4) is 0 Å². The van der Waals surface area contributed by atoms with Gasteiger partial charge in [-0.3, -0.25) is 4.79 Å². The minimum Gasteiger partial charge on any atom is -0.325 e. The molecule has 3 nitrogen and oxygen atoms in total. The Morgan fingerprint density at radius 1 is 1.35 bits per heavy atom. The van der Waals surface area contributed by atoms with Crippen LogP contribution in [0.2, 0.25) is 5.02 Å². The van der Waals surface area contributed by atoms with Crippen LogP contribution < -0.4 is 10.6 Å². The Bertz CT molecular complexity index is 557. The number of amides is 1. The molecule has 0 aliphatic carbocycles. The molecule has 1 aromatic heterocycles. The maximum atomic E-state index is 11.8. The van der Waals surface area contributed by atoms with Gasteiger partial charge >= 0.3 is 0 Å². The Morgan fingerprint density at radius 3 is 2.90 bits per heavy atom. The van der Waals surface area contributed by atoms with Crippen LogP contribution in [-0.4, -0.2) is 18.5 Å². The summed E-state index contributed by atoms with van der Waals surface area (Å²) in [5.41, 5.74) is 0.718. The van der Waals surface area contributed by atoms with Gasteiger partial charge in [-0.25, -0.2) is 0 Å². The smallest absolute Gasteiger partial charge is 0.238 e. The van der Waals surface area contributed by atoms with Crippen molar-refractivity contribution in [1.82, 2.24) is 5.32 Å². The van der Waals surface area contributed by atoms with Gasteiger partial charge in [0.1, 0.15) is 0 Å². The molecule has 1 unspecified atom stereocenters. The van der Waals surface area contributed by atoms with Crippen molar-refractivity contribution in [3.8, 4) is 0 Å². The summed E-state index contributed by atoms with van der Waals surface area (Å²) in [4.78, 5) is 13.1. The number of anilines is 1. The van der Waals surface area contributed by atoms with Crippen molar-refractivity contribution in [1.29, 1.82) is 0 Å². The van der Waals surface area contributed by atoms with Crippen molar-refractivity contribution in [3.63, 3.8) is 0 Å². The summed E-state index contributed by atoms with van der Waals surface area (Å²) in [6.45, 7) is 2.37. The highest BCUT2D eigenvalue weighted by Gasteiger charge is 2.07. The lowest BCUT2D eigenvalue weighted by Crippen LogP contribution is -2.35. The molecule has 0 saturated heterocycles. The normalized spacial score (nSPS) is 12.1. The molecular weight excluding hydrogens is 292 g/mol. The molecule has 2 rings (SSSR count). The maximum Gasteiger partial charge on any atom is 0.238 e. The predicted octanol–water partition coefficient (Wildman–Crippen LogP) is 3.56. The Balaban J connectivity index is 1.74. The van der Waals surface area contributed by atoms with Gasteiger partial charge in [0.25, 0.3) is 0 Å². The number of benzene rings is 1. The van der Waals surface area contributed by atoms with E-state index in [1.807, 2.05) is 18.2 Å². The molecule has 1 atom stereocenters. The summed E-state index contributed by atoms with van der Waals surface area (Å²) in [5, 5.41) is 8.71. The minimum atomic E-state index is -0.0645. The lowest BCUT2D eigenvalue weighted by Gasteiger charge is -2.13. The topological polar surface area (TPSA) is 41.1 Å². The van der Waals surface area contributed by atoms with Crippen LogP contribution in [0.4, 0.5) is 5.69 Å². The van der Waals surface area contributed by atoms with Gasteiger partial charge in [0.05, 0.1) is 6.54 Å². The lowest BCUT2D eigenvalue weighted by molar-refractivity contribution is -0.115. The Morgan fingerprint density at radius 2 is 2.20 bits per heavy atom. The Kier molecular flexibility index (Phi) is 5.59. The quantitative estimate of drug-likeness (QED) is 0.856. The first-order chi connectivity index (χ1) is 9.63. The second-order valence-electron chi connectivity index (χ2n) is 4.62. The highest BCUT2D eigenvalue weighted by molar-refractivity contribution is 7.09. The lowest BCUT2D eigenvalue weighted by atomic mass is 10.2. The summed E-state index contributed by atoms with van der Waals surface area (Å²) in [6, 6.07) is 11.5. The molecule has 0 radical (unpaired) electrons. The van der Waals surface area contributed by atoms with E-state index in [1.165, 1.54) is 4.88 Å². The average molecular weight is 309 g/mol. The summed E-state index contributed by atoms with van der Waals surface area (Å²) >= 11 is 7.60. The van der Waals surface area contributed by atoms with Crippen LogP contribution in [0.1, 0.15) is 11.8 Å². The number of hydrogen-bond acceptors (Lipinski definition) is 3. The molecule has 2 N–H and O–H groups in total. The van der Waals surface area contributed by atoms with E-state index >= 15 is 0 Å². The monoisotopic (exact) mass is 308 g/mol. The van der Waals surface area contributed by atoms with E-state index in [9.17, 15) is 4.79 Å². The second kappa shape index (κ2) is 7.43. The van der Waals surface area contributed by atoms with E-state index in [2.05, 4.69) is 29.0 Å². The number of nitrogens with one attached hydrogen (secondary N) is 2. The van der Waals surface area contributed by atoms with Gasteiger partial charge in [-0.15, -0.1) is 11.3 Å². The Hall–Kier alpha value is -1.36. The molecule has 106 valence electrons. The van der Waals surface area contributed by atoms with Crippen molar-refractivity contribution >= 4 is 34.5 Å². The van der Waals surface area contributed by atoms with Gasteiger partial charge in [0.15, 0.2) is 0 Å². The number of carbonyl (C=O) groups excluding carboxylic acids is 1. The molecule has 20 heavy (non-hydrogen) atoms. The summed E-state index contributed by atoms with van der Waals surface area (Å²) in [7, 11) is 0. The highest BCUT2D eigenvalue weighted by atomic mass is 35.5. The number of rotatable bonds is 6. The van der Waals surface area contributed by atoms with Crippen molar-refractivity contribution in [3.05, 3.63) is 51.7 Å². The summed E-state index contributed by atoms with van der Waals surface area (Å²) in [6.07, 6.45) is 0.933. The fourth-order valence-corrected chi connectivity index (χ4v) is 2.87. The molecular formula is C15H17ClN2OS. The zero-order valence-corrected chi connectivity index (χ0v) is 12.8. The predicted molar refractivity (Wildman–Crippen MR) is 85.6 cm³/mol. The van der Waals surface area contributed by atoms with E-state index in [1.54, 1.807) is 23.5 Å². The number of carbonyl (C=O) groups is 1. The fourth-order valence-electron chi connectivity index (χ4n) is 1.84. The molecule has 0 aliphatic rings. The third kappa shape index (κ3) is 4.96. The molecule has 0 spiro atoms. The first kappa shape index (κ1) is 15.0. The van der Waals surface area contributed by atoms with Gasteiger partial charge in [-0.05, 0) is 43.0 Å². The molecule has 1 aromatic carbocycles. The number of halogens is 1. The average Bonchev–Trinajstić information content (AvgIpc) is 2.89. The first-order valence-corrected chi connectivity index (χ1v) is 7.70. The first-order valence-electron chi connectivity index (χ1n) is 6.44. The molecule has 1 heterocycles. The van der Waals surface area contributed by atoms with Gasteiger partial charge in [0, 0.05) is 21.6 Å². The van der Waals surface area contributed by atoms with Crippen LogP contribution in [0.15, 0.2) is 41.8 Å². The zero-order chi connectivity index (χ0) is 14.4. The van der Waals surface area contributed by atoms with Crippen LogP contribution in [0.5, 0.6) is 0 Å². The molecule has 1 amide bonds. The third-order valence-corrected chi connectivity index (χ3v) is 3.94. The largest absolute Gasteiger partial charge is 0.325 e. The van der Waals surface area contributed by atoms with Gasteiger partial charge in [-0.1, -0.05) is 23.7 Å². The van der Waals surface area contributed by atoms with Crippen molar-refractivity contribution in [2.45, 2.75) is 19.4 Å². The summed E-state index contributed by atoms with van der Waals surface area (Å²) in [5.74, 6) is -0.0645. The zero-order valence-electron chi connectivity index (χ0n) is 11.2. The molecule has 0 saturated carbocycles. The van der Waals surface area contributed by atoms with E-state index in [0.717, 1.165) is 12.1 Å². The van der Waals surface area contributed by atoms with Crippen LogP contribution in [0.25, 0.3) is 0 Å². The van der Waals surface area contributed by atoms with Gasteiger partial charge in [-0.2, -0.15) is 0 Å². The van der Waals surface area contributed by atoms with E-state index in [0.29, 0.717) is 11.6 Å². The van der Waals surface area contributed by atoms with E-state index in [4.69, 9.17) is 11.6 Å². The summed E-state index contributed by atoms with van der Waals surface area (Å²) < 4.78 is 0. The van der Waals surface area contributed by atoms with Gasteiger partial charge < -0.3 is 10.6 Å². The standard InChI is InChI=1S/C15H17ClN2OS/c1-11(8-14-6-3-7-20-14)17-10-15(19)18-13-5-2-4-12(16)9-13/h2-7,9,11,17H,8,10H2,1H3,(H,18,19). The van der Waals surface area contributed by atoms with Crippen molar-refractivity contribution in [2.75, 3.05) is 11.9 Å². The number of hydrogen-bond donors (Lipinski definition) is 2. The number of thiophene rings is 1. The van der Waals surface area contributed by atoms with E-state index in [-0.39, 0.29) is 11.9 Å². The molecule has 5 heteroatoms.